The Labute approximate surface area is 139 Å². The maximum Gasteiger partial charge on any atom is 0.0637 e. The molecule has 4 nitrogen and oxygen atoms in total. The Morgan fingerprint density at radius 1 is 0.591 bits per heavy atom. The molecule has 0 heterocycles. The van der Waals surface area contributed by atoms with Crippen LogP contribution >= 0.6 is 0 Å². The van der Waals surface area contributed by atoms with Gasteiger partial charge in [0, 0.05) is 0 Å². The van der Waals surface area contributed by atoms with Crippen LogP contribution in [0.1, 0.15) is 84.5 Å². The average Bonchev–Trinajstić information content (AvgIpc) is 2.49. The van der Waals surface area contributed by atoms with Gasteiger partial charge in [-0.25, -0.2) is 0 Å². The van der Waals surface area contributed by atoms with Gasteiger partial charge in [-0.05, 0) is 64.7 Å². The highest BCUT2D eigenvalue weighted by Gasteiger charge is 2.17. The van der Waals surface area contributed by atoms with E-state index in [2.05, 4.69) is 24.5 Å². The lowest BCUT2D eigenvalue weighted by atomic mass is 9.97. The Hall–Kier alpha value is -0.160. The number of nitrogens with two attached hydrogens (primary N) is 2. The molecule has 0 aliphatic carbocycles. The zero-order valence-electron chi connectivity index (χ0n) is 15.3. The summed E-state index contributed by atoms with van der Waals surface area (Å²) in [6.07, 6.45) is 13.1. The van der Waals surface area contributed by atoms with E-state index >= 15 is 0 Å². The van der Waals surface area contributed by atoms with E-state index in [1.807, 2.05) is 0 Å². The molecule has 0 rings (SSSR count). The van der Waals surface area contributed by atoms with Crippen molar-refractivity contribution in [2.45, 2.75) is 90.1 Å². The zero-order valence-corrected chi connectivity index (χ0v) is 15.3. The van der Waals surface area contributed by atoms with Crippen LogP contribution in [-0.2, 0) is 0 Å². The van der Waals surface area contributed by atoms with E-state index in [-0.39, 0.29) is 0 Å². The number of rotatable bonds is 17. The van der Waals surface area contributed by atoms with E-state index in [9.17, 15) is 0 Å². The second kappa shape index (κ2) is 15.7. The third-order valence-corrected chi connectivity index (χ3v) is 4.10. The minimum atomic E-state index is -0.460. The normalized spacial score (nSPS) is 12.0. The number of hydrogen-bond donors (Lipinski definition) is 4. The Morgan fingerprint density at radius 2 is 1.05 bits per heavy atom. The quantitative estimate of drug-likeness (QED) is 0.246. The zero-order chi connectivity index (χ0) is 16.5. The average molecular weight is 315 g/mol. The molecule has 0 aliphatic heterocycles. The van der Waals surface area contributed by atoms with Crippen molar-refractivity contribution >= 4 is 0 Å². The van der Waals surface area contributed by atoms with Gasteiger partial charge in [0.2, 0.25) is 0 Å². The third-order valence-electron chi connectivity index (χ3n) is 4.10. The van der Waals surface area contributed by atoms with Crippen molar-refractivity contribution in [3.8, 4) is 0 Å². The molecule has 0 spiro atoms. The summed E-state index contributed by atoms with van der Waals surface area (Å²) in [6.45, 7) is 8.86. The standard InChI is InChI=1S/C18H42N4/c1-3-14-21-16-10-8-6-5-7-9-12-18(19,20)13-11-17-22-15-4-2/h21-22H,3-17,19-20H2,1-2H3. The van der Waals surface area contributed by atoms with Crippen LogP contribution in [0, 0.1) is 0 Å². The first-order valence-electron chi connectivity index (χ1n) is 9.61. The van der Waals surface area contributed by atoms with Crippen LogP contribution in [0.25, 0.3) is 0 Å². The van der Waals surface area contributed by atoms with Crippen LogP contribution in [0.5, 0.6) is 0 Å². The summed E-state index contributed by atoms with van der Waals surface area (Å²) >= 11 is 0. The molecule has 4 heteroatoms. The van der Waals surface area contributed by atoms with E-state index in [0.717, 1.165) is 38.9 Å². The highest BCUT2D eigenvalue weighted by Crippen LogP contribution is 2.14. The fourth-order valence-electron chi connectivity index (χ4n) is 2.68. The van der Waals surface area contributed by atoms with Crippen molar-refractivity contribution < 1.29 is 0 Å². The third kappa shape index (κ3) is 16.2. The Bertz CT molecular complexity index is 219. The molecule has 6 N–H and O–H groups in total. The SMILES string of the molecule is CCCNCCCCCCCCC(N)(N)CCCNCCC. The minimum Gasteiger partial charge on any atom is -0.317 e. The molecule has 0 radical (unpaired) electrons. The molecular formula is C18H42N4. The Kier molecular flexibility index (Phi) is 15.6. The topological polar surface area (TPSA) is 76.1 Å². The molecule has 0 atom stereocenters. The van der Waals surface area contributed by atoms with Gasteiger partial charge in [-0.2, -0.15) is 0 Å². The summed E-state index contributed by atoms with van der Waals surface area (Å²) in [5.41, 5.74) is 11.9. The van der Waals surface area contributed by atoms with Crippen LogP contribution in [0.15, 0.2) is 0 Å². The van der Waals surface area contributed by atoms with E-state index in [4.69, 9.17) is 11.5 Å². The van der Waals surface area contributed by atoms with Gasteiger partial charge in [-0.1, -0.05) is 46.0 Å². The van der Waals surface area contributed by atoms with Gasteiger partial charge in [0.25, 0.3) is 0 Å². The summed E-state index contributed by atoms with van der Waals surface area (Å²) < 4.78 is 0. The minimum absolute atomic E-state index is 0.460. The van der Waals surface area contributed by atoms with Gasteiger partial charge in [0.15, 0.2) is 0 Å². The molecule has 0 unspecified atom stereocenters. The molecule has 0 aliphatic rings. The molecule has 22 heavy (non-hydrogen) atoms. The molecule has 0 aromatic carbocycles. The summed E-state index contributed by atoms with van der Waals surface area (Å²) in [5.74, 6) is 0. The van der Waals surface area contributed by atoms with Crippen LogP contribution in [0.3, 0.4) is 0 Å². The van der Waals surface area contributed by atoms with Gasteiger partial charge in [-0.3, -0.25) is 0 Å². The van der Waals surface area contributed by atoms with Crippen LogP contribution in [-0.4, -0.2) is 31.8 Å². The Morgan fingerprint density at radius 3 is 1.64 bits per heavy atom. The molecule has 0 aromatic rings. The van der Waals surface area contributed by atoms with Crippen molar-refractivity contribution in [1.82, 2.24) is 10.6 Å². The number of hydrogen-bond acceptors (Lipinski definition) is 4. The van der Waals surface area contributed by atoms with Gasteiger partial charge >= 0.3 is 0 Å². The monoisotopic (exact) mass is 314 g/mol. The van der Waals surface area contributed by atoms with Crippen molar-refractivity contribution in [3.05, 3.63) is 0 Å². The van der Waals surface area contributed by atoms with Crippen molar-refractivity contribution in [3.63, 3.8) is 0 Å². The Balaban J connectivity index is 3.30. The van der Waals surface area contributed by atoms with Gasteiger partial charge < -0.3 is 22.1 Å². The highest BCUT2D eigenvalue weighted by molar-refractivity contribution is 4.76. The molecule has 0 bridgehead atoms. The molecule has 134 valence electrons. The molecular weight excluding hydrogens is 272 g/mol. The van der Waals surface area contributed by atoms with E-state index < -0.39 is 5.66 Å². The first-order valence-corrected chi connectivity index (χ1v) is 9.61. The van der Waals surface area contributed by atoms with Crippen LogP contribution in [0.4, 0.5) is 0 Å². The van der Waals surface area contributed by atoms with E-state index in [0.29, 0.717) is 0 Å². The van der Waals surface area contributed by atoms with Crippen molar-refractivity contribution in [1.29, 1.82) is 0 Å². The van der Waals surface area contributed by atoms with Crippen molar-refractivity contribution in [2.75, 3.05) is 26.2 Å². The fourth-order valence-corrected chi connectivity index (χ4v) is 2.68. The maximum atomic E-state index is 6.18. The van der Waals surface area contributed by atoms with E-state index in [1.54, 1.807) is 0 Å². The summed E-state index contributed by atoms with van der Waals surface area (Å²) in [6, 6.07) is 0. The summed E-state index contributed by atoms with van der Waals surface area (Å²) in [5, 5.41) is 6.85. The second-order valence-corrected chi connectivity index (χ2v) is 6.71. The molecule has 0 saturated carbocycles. The van der Waals surface area contributed by atoms with Gasteiger partial charge in [0.05, 0.1) is 5.66 Å². The first-order chi connectivity index (χ1) is 10.6. The lowest BCUT2D eigenvalue weighted by molar-refractivity contribution is 0.349. The fraction of sp³-hybridized carbons (Fsp3) is 1.00. The predicted octanol–water partition coefficient (Wildman–Crippen LogP) is 3.11. The molecule has 0 amide bonds. The van der Waals surface area contributed by atoms with Gasteiger partial charge in [0.1, 0.15) is 0 Å². The first kappa shape index (κ1) is 21.8. The van der Waals surface area contributed by atoms with Crippen LogP contribution in [0.2, 0.25) is 0 Å². The summed E-state index contributed by atoms with van der Waals surface area (Å²) in [4.78, 5) is 0. The largest absolute Gasteiger partial charge is 0.317 e. The highest BCUT2D eigenvalue weighted by atomic mass is 14.9. The lowest BCUT2D eigenvalue weighted by Crippen LogP contribution is -2.49. The molecule has 0 aromatic heterocycles. The van der Waals surface area contributed by atoms with Crippen LogP contribution < -0.4 is 22.1 Å². The maximum absolute atomic E-state index is 6.18. The lowest BCUT2D eigenvalue weighted by Gasteiger charge is -2.24. The summed E-state index contributed by atoms with van der Waals surface area (Å²) in [7, 11) is 0. The predicted molar refractivity (Wildman–Crippen MR) is 99.0 cm³/mol. The second-order valence-electron chi connectivity index (χ2n) is 6.71. The number of nitrogens with one attached hydrogen (secondary N) is 2. The molecule has 0 saturated heterocycles. The van der Waals surface area contributed by atoms with Crippen molar-refractivity contribution in [2.24, 2.45) is 11.5 Å². The molecule has 0 fully saturated rings. The smallest absolute Gasteiger partial charge is 0.0637 e. The van der Waals surface area contributed by atoms with E-state index in [1.165, 1.54) is 57.9 Å². The van der Waals surface area contributed by atoms with Gasteiger partial charge in [-0.15, -0.1) is 0 Å². The number of unbranched alkanes of at least 4 members (excludes halogenated alkanes) is 5.